The number of benzene rings is 2. The summed E-state index contributed by atoms with van der Waals surface area (Å²) >= 11 is 0. The third-order valence-electron chi connectivity index (χ3n) is 4.18. The molecule has 0 aliphatic heterocycles. The van der Waals surface area contributed by atoms with E-state index in [9.17, 15) is 4.39 Å². The minimum Gasteiger partial charge on any atom is -0.496 e. The van der Waals surface area contributed by atoms with Crippen molar-refractivity contribution in [2.75, 3.05) is 7.11 Å². The molecule has 2 heterocycles. The standard InChI is InChI=1S/C19H16FN5O2/c1-12-18(22-24-25(12)15-9-7-14(20)8-10-15)19-21-17(27-23-19)11-13-5-3-4-6-16(13)26-2/h3-10H,11H2,1-2H3. The minimum absolute atomic E-state index is 0.309. The number of hydrogen-bond acceptors (Lipinski definition) is 6. The predicted octanol–water partition coefficient (Wildman–Crippen LogP) is 3.36. The smallest absolute Gasteiger partial charge is 0.231 e. The van der Waals surface area contributed by atoms with Gasteiger partial charge in [0, 0.05) is 5.56 Å². The van der Waals surface area contributed by atoms with Crippen LogP contribution in [0.3, 0.4) is 0 Å². The summed E-state index contributed by atoms with van der Waals surface area (Å²) in [6.07, 6.45) is 0.447. The Morgan fingerprint density at radius 2 is 1.89 bits per heavy atom. The van der Waals surface area contributed by atoms with Crippen LogP contribution in [0.25, 0.3) is 17.2 Å². The molecule has 0 fully saturated rings. The lowest BCUT2D eigenvalue weighted by Gasteiger charge is -2.04. The van der Waals surface area contributed by atoms with Crippen LogP contribution < -0.4 is 4.74 Å². The molecule has 0 unspecified atom stereocenters. The van der Waals surface area contributed by atoms with Crippen LogP contribution in [0.1, 0.15) is 17.1 Å². The predicted molar refractivity (Wildman–Crippen MR) is 95.1 cm³/mol. The third kappa shape index (κ3) is 3.29. The average Bonchev–Trinajstić information content (AvgIpc) is 3.29. The molecule has 2 aromatic heterocycles. The summed E-state index contributed by atoms with van der Waals surface area (Å²) in [4.78, 5) is 4.42. The highest BCUT2D eigenvalue weighted by molar-refractivity contribution is 5.53. The van der Waals surface area contributed by atoms with E-state index in [1.54, 1.807) is 23.9 Å². The summed E-state index contributed by atoms with van der Waals surface area (Å²) in [7, 11) is 1.62. The van der Waals surface area contributed by atoms with Crippen LogP contribution in [0.15, 0.2) is 53.1 Å². The van der Waals surface area contributed by atoms with Crippen LogP contribution in [-0.4, -0.2) is 32.2 Å². The maximum atomic E-state index is 13.1. The number of para-hydroxylation sites is 1. The van der Waals surface area contributed by atoms with Gasteiger partial charge in [0.15, 0.2) is 5.69 Å². The topological polar surface area (TPSA) is 78.9 Å². The highest BCUT2D eigenvalue weighted by atomic mass is 19.1. The quantitative estimate of drug-likeness (QED) is 0.540. The fourth-order valence-corrected chi connectivity index (χ4v) is 2.80. The van der Waals surface area contributed by atoms with Crippen molar-refractivity contribution >= 4 is 0 Å². The van der Waals surface area contributed by atoms with E-state index in [1.807, 2.05) is 31.2 Å². The molecule has 0 saturated heterocycles. The van der Waals surface area contributed by atoms with Gasteiger partial charge in [-0.25, -0.2) is 9.07 Å². The van der Waals surface area contributed by atoms with Crippen molar-refractivity contribution in [3.8, 4) is 23.0 Å². The summed E-state index contributed by atoms with van der Waals surface area (Å²) in [6, 6.07) is 13.6. The Kier molecular flexibility index (Phi) is 4.37. The van der Waals surface area contributed by atoms with Crippen molar-refractivity contribution in [1.82, 2.24) is 25.1 Å². The number of rotatable bonds is 5. The number of aromatic nitrogens is 5. The van der Waals surface area contributed by atoms with E-state index >= 15 is 0 Å². The van der Waals surface area contributed by atoms with E-state index in [4.69, 9.17) is 9.26 Å². The molecule has 27 heavy (non-hydrogen) atoms. The molecule has 0 atom stereocenters. The minimum atomic E-state index is -0.309. The first kappa shape index (κ1) is 16.9. The molecule has 4 aromatic rings. The van der Waals surface area contributed by atoms with E-state index in [0.29, 0.717) is 29.5 Å². The van der Waals surface area contributed by atoms with Crippen LogP contribution >= 0.6 is 0 Å². The van der Waals surface area contributed by atoms with E-state index in [0.717, 1.165) is 17.0 Å². The van der Waals surface area contributed by atoms with Crippen molar-refractivity contribution < 1.29 is 13.7 Å². The monoisotopic (exact) mass is 365 g/mol. The molecule has 4 rings (SSSR count). The molecule has 0 N–H and O–H groups in total. The van der Waals surface area contributed by atoms with Gasteiger partial charge in [-0.2, -0.15) is 4.98 Å². The molecule has 0 amide bonds. The fourth-order valence-electron chi connectivity index (χ4n) is 2.80. The van der Waals surface area contributed by atoms with E-state index in [1.165, 1.54) is 12.1 Å². The number of methoxy groups -OCH3 is 1. The number of ether oxygens (including phenoxy) is 1. The Morgan fingerprint density at radius 1 is 1.11 bits per heavy atom. The van der Waals surface area contributed by atoms with Crippen LogP contribution in [0.5, 0.6) is 5.75 Å². The largest absolute Gasteiger partial charge is 0.496 e. The Bertz CT molecular complexity index is 1070. The normalized spacial score (nSPS) is 10.9. The molecule has 0 radical (unpaired) electrons. The Morgan fingerprint density at radius 3 is 2.67 bits per heavy atom. The first-order valence-corrected chi connectivity index (χ1v) is 8.29. The van der Waals surface area contributed by atoms with Crippen molar-refractivity contribution in [3.63, 3.8) is 0 Å². The number of halogens is 1. The summed E-state index contributed by atoms with van der Waals surface area (Å²) in [5.74, 6) is 1.25. The first-order valence-electron chi connectivity index (χ1n) is 8.29. The van der Waals surface area contributed by atoms with Crippen molar-refractivity contribution in [1.29, 1.82) is 0 Å². The summed E-state index contributed by atoms with van der Waals surface area (Å²) in [6.45, 7) is 1.84. The molecular weight excluding hydrogens is 349 g/mol. The lowest BCUT2D eigenvalue weighted by atomic mass is 10.1. The Labute approximate surface area is 154 Å². The fraction of sp³-hybridized carbons (Fsp3) is 0.158. The molecule has 0 saturated carbocycles. The second kappa shape index (κ2) is 6.99. The van der Waals surface area contributed by atoms with Gasteiger partial charge in [-0.05, 0) is 37.3 Å². The van der Waals surface area contributed by atoms with Gasteiger partial charge >= 0.3 is 0 Å². The molecule has 0 aliphatic carbocycles. The van der Waals surface area contributed by atoms with Crippen molar-refractivity contribution in [2.24, 2.45) is 0 Å². The van der Waals surface area contributed by atoms with Gasteiger partial charge in [0.25, 0.3) is 0 Å². The molecule has 0 spiro atoms. The molecule has 2 aromatic carbocycles. The number of hydrogen-bond donors (Lipinski definition) is 0. The van der Waals surface area contributed by atoms with Crippen LogP contribution in [0, 0.1) is 12.7 Å². The highest BCUT2D eigenvalue weighted by Crippen LogP contribution is 2.23. The van der Waals surface area contributed by atoms with E-state index < -0.39 is 0 Å². The zero-order valence-electron chi connectivity index (χ0n) is 14.8. The summed E-state index contributed by atoms with van der Waals surface area (Å²) in [5, 5.41) is 12.3. The molecule has 8 heteroatoms. The van der Waals surface area contributed by atoms with Gasteiger partial charge in [0.05, 0.1) is 24.9 Å². The third-order valence-corrected chi connectivity index (χ3v) is 4.18. The van der Waals surface area contributed by atoms with Gasteiger partial charge in [0.2, 0.25) is 11.7 Å². The molecule has 0 aliphatic rings. The zero-order chi connectivity index (χ0) is 18.8. The Balaban J connectivity index is 1.61. The van der Waals surface area contributed by atoms with Gasteiger partial charge in [0.1, 0.15) is 11.6 Å². The molecule has 136 valence electrons. The highest BCUT2D eigenvalue weighted by Gasteiger charge is 2.18. The van der Waals surface area contributed by atoms with E-state index in [-0.39, 0.29) is 5.82 Å². The van der Waals surface area contributed by atoms with Crippen LogP contribution in [-0.2, 0) is 6.42 Å². The molecule has 0 bridgehead atoms. The van der Waals surface area contributed by atoms with Gasteiger partial charge in [-0.1, -0.05) is 28.6 Å². The Hall–Kier alpha value is -3.55. The molecular formula is C19H16FN5O2. The van der Waals surface area contributed by atoms with Crippen LogP contribution in [0.2, 0.25) is 0 Å². The second-order valence-electron chi connectivity index (χ2n) is 5.91. The average molecular weight is 365 g/mol. The van der Waals surface area contributed by atoms with Crippen molar-refractivity contribution in [3.05, 3.63) is 71.5 Å². The maximum absolute atomic E-state index is 13.1. The van der Waals surface area contributed by atoms with Gasteiger partial charge < -0.3 is 9.26 Å². The second-order valence-corrected chi connectivity index (χ2v) is 5.91. The number of nitrogens with zero attached hydrogens (tertiary/aromatic N) is 5. The van der Waals surface area contributed by atoms with Crippen LogP contribution in [0.4, 0.5) is 4.39 Å². The SMILES string of the molecule is COc1ccccc1Cc1nc(-c2nnn(-c3ccc(F)cc3)c2C)no1. The van der Waals surface area contributed by atoms with Gasteiger partial charge in [-0.15, -0.1) is 5.10 Å². The first-order chi connectivity index (χ1) is 13.2. The maximum Gasteiger partial charge on any atom is 0.231 e. The van der Waals surface area contributed by atoms with Gasteiger partial charge in [-0.3, -0.25) is 0 Å². The lowest BCUT2D eigenvalue weighted by Crippen LogP contribution is -1.99. The summed E-state index contributed by atoms with van der Waals surface area (Å²) < 4.78 is 25.4. The zero-order valence-corrected chi connectivity index (χ0v) is 14.8. The lowest BCUT2D eigenvalue weighted by molar-refractivity contribution is 0.379. The molecule has 7 nitrogen and oxygen atoms in total. The van der Waals surface area contributed by atoms with Crippen molar-refractivity contribution in [2.45, 2.75) is 13.3 Å². The summed E-state index contributed by atoms with van der Waals surface area (Å²) in [5.41, 5.74) is 2.88. The van der Waals surface area contributed by atoms with E-state index in [2.05, 4.69) is 20.5 Å².